The minimum absolute atomic E-state index is 0.0478. The van der Waals surface area contributed by atoms with Gasteiger partial charge in [0.1, 0.15) is 0 Å². The molecule has 1 unspecified atom stereocenters. The maximum absolute atomic E-state index is 12.8. The van der Waals surface area contributed by atoms with Crippen LogP contribution in [0.1, 0.15) is 57.4 Å². The number of alkyl halides is 3. The highest BCUT2D eigenvalue weighted by atomic mass is 19.4. The Morgan fingerprint density at radius 1 is 1.18 bits per heavy atom. The summed E-state index contributed by atoms with van der Waals surface area (Å²) in [6.45, 7) is 4.47. The van der Waals surface area contributed by atoms with Crippen molar-refractivity contribution in [2.75, 3.05) is 11.4 Å². The molecule has 1 heterocycles. The van der Waals surface area contributed by atoms with Crippen molar-refractivity contribution in [2.24, 2.45) is 11.8 Å². The van der Waals surface area contributed by atoms with E-state index in [1.54, 1.807) is 4.90 Å². The molecule has 28 heavy (non-hydrogen) atoms. The zero-order valence-corrected chi connectivity index (χ0v) is 16.3. The molecule has 2 fully saturated rings. The second-order valence-electron chi connectivity index (χ2n) is 8.25. The van der Waals surface area contributed by atoms with Crippen molar-refractivity contribution < 1.29 is 22.8 Å². The summed E-state index contributed by atoms with van der Waals surface area (Å²) in [7, 11) is 0. The highest BCUT2D eigenvalue weighted by molar-refractivity contribution is 6.00. The maximum atomic E-state index is 12.8. The lowest BCUT2D eigenvalue weighted by molar-refractivity contribution is -0.182. The van der Waals surface area contributed by atoms with E-state index in [-0.39, 0.29) is 37.1 Å². The predicted octanol–water partition coefficient (Wildman–Crippen LogP) is 4.40. The van der Waals surface area contributed by atoms with Crippen LogP contribution < -0.4 is 10.2 Å². The number of amides is 2. The number of benzene rings is 1. The Morgan fingerprint density at radius 2 is 1.86 bits per heavy atom. The summed E-state index contributed by atoms with van der Waals surface area (Å²) in [5.74, 6) is -1.72. The minimum Gasteiger partial charge on any atom is -0.353 e. The summed E-state index contributed by atoms with van der Waals surface area (Å²) in [6.07, 6.45) is -3.26. The highest BCUT2D eigenvalue weighted by Crippen LogP contribution is 2.37. The van der Waals surface area contributed by atoms with Gasteiger partial charge in [-0.2, -0.15) is 13.2 Å². The van der Waals surface area contributed by atoms with Crippen molar-refractivity contribution in [3.8, 4) is 0 Å². The number of nitrogens with one attached hydrogen (secondary N) is 1. The van der Waals surface area contributed by atoms with Crippen molar-refractivity contribution >= 4 is 17.5 Å². The van der Waals surface area contributed by atoms with E-state index in [0.717, 1.165) is 11.3 Å². The van der Waals surface area contributed by atoms with Crippen LogP contribution >= 0.6 is 0 Å². The van der Waals surface area contributed by atoms with Crippen LogP contribution in [0.25, 0.3) is 0 Å². The number of hydrogen-bond donors (Lipinski definition) is 1. The third-order valence-electron chi connectivity index (χ3n) is 5.88. The summed E-state index contributed by atoms with van der Waals surface area (Å²) < 4.78 is 38.3. The molecule has 0 bridgehead atoms. The zero-order chi connectivity index (χ0) is 20.5. The molecular weight excluding hydrogens is 369 g/mol. The lowest BCUT2D eigenvalue weighted by Crippen LogP contribution is -2.43. The fourth-order valence-electron chi connectivity index (χ4n) is 4.07. The molecule has 0 radical (unpaired) electrons. The monoisotopic (exact) mass is 396 g/mol. The second kappa shape index (κ2) is 8.13. The molecule has 1 aliphatic heterocycles. The smallest absolute Gasteiger partial charge is 0.353 e. The van der Waals surface area contributed by atoms with Crippen LogP contribution in [0.15, 0.2) is 24.3 Å². The van der Waals surface area contributed by atoms with Crippen LogP contribution in [0.4, 0.5) is 18.9 Å². The maximum Gasteiger partial charge on any atom is 0.391 e. The number of carbonyl (C=O) groups excluding carboxylic acids is 2. The van der Waals surface area contributed by atoms with Crippen molar-refractivity contribution in [3.05, 3.63) is 29.8 Å². The van der Waals surface area contributed by atoms with Crippen LogP contribution in [0.5, 0.6) is 0 Å². The second-order valence-corrected chi connectivity index (χ2v) is 8.25. The van der Waals surface area contributed by atoms with E-state index >= 15 is 0 Å². The average Bonchev–Trinajstić information content (AvgIpc) is 3.03. The van der Waals surface area contributed by atoms with Crippen molar-refractivity contribution in [3.63, 3.8) is 0 Å². The molecule has 4 nitrogen and oxygen atoms in total. The van der Waals surface area contributed by atoms with E-state index in [1.165, 1.54) is 0 Å². The Morgan fingerprint density at radius 3 is 2.46 bits per heavy atom. The molecule has 154 valence electrons. The molecule has 1 atom stereocenters. The summed E-state index contributed by atoms with van der Waals surface area (Å²) in [4.78, 5) is 26.7. The first-order valence-electron chi connectivity index (χ1n) is 9.92. The van der Waals surface area contributed by atoms with Crippen LogP contribution in [0, 0.1) is 11.8 Å². The SMILES string of the molecule is CC(C)c1cccc(N2CC(C(=O)NC3CCC(C(F)(F)F)CC3)CC2=O)c1. The number of nitrogens with zero attached hydrogens (tertiary/aromatic N) is 1. The minimum atomic E-state index is -4.15. The normalized spacial score (nSPS) is 26.0. The fraction of sp³-hybridized carbons (Fsp3) is 0.619. The highest BCUT2D eigenvalue weighted by Gasteiger charge is 2.42. The van der Waals surface area contributed by atoms with E-state index in [2.05, 4.69) is 19.2 Å². The van der Waals surface area contributed by atoms with Crippen LogP contribution in [0.2, 0.25) is 0 Å². The van der Waals surface area contributed by atoms with E-state index < -0.39 is 18.0 Å². The van der Waals surface area contributed by atoms with E-state index in [4.69, 9.17) is 0 Å². The molecule has 0 spiro atoms. The van der Waals surface area contributed by atoms with E-state index in [0.29, 0.717) is 25.3 Å². The van der Waals surface area contributed by atoms with Gasteiger partial charge in [0, 0.05) is 24.7 Å². The summed E-state index contributed by atoms with van der Waals surface area (Å²) in [5.41, 5.74) is 1.91. The van der Waals surface area contributed by atoms with Gasteiger partial charge in [0.15, 0.2) is 0 Å². The lowest BCUT2D eigenvalue weighted by atomic mass is 9.85. The average molecular weight is 396 g/mol. The number of hydrogen-bond acceptors (Lipinski definition) is 2. The summed E-state index contributed by atoms with van der Waals surface area (Å²) >= 11 is 0. The fourth-order valence-corrected chi connectivity index (χ4v) is 4.07. The van der Waals surface area contributed by atoms with E-state index in [1.807, 2.05) is 24.3 Å². The molecule has 1 saturated heterocycles. The Labute approximate surface area is 163 Å². The molecule has 0 aromatic heterocycles. The molecule has 1 aromatic carbocycles. The Balaban J connectivity index is 1.57. The molecular formula is C21H27F3N2O2. The third kappa shape index (κ3) is 4.67. The van der Waals surface area contributed by atoms with Gasteiger partial charge in [-0.15, -0.1) is 0 Å². The quantitative estimate of drug-likeness (QED) is 0.820. The van der Waals surface area contributed by atoms with Crippen LogP contribution in [-0.4, -0.2) is 30.6 Å². The lowest BCUT2D eigenvalue weighted by Gasteiger charge is -2.30. The Hall–Kier alpha value is -2.05. The predicted molar refractivity (Wildman–Crippen MR) is 101 cm³/mol. The summed E-state index contributed by atoms with van der Waals surface area (Å²) in [5, 5.41) is 2.87. The molecule has 2 aliphatic rings. The first-order valence-corrected chi connectivity index (χ1v) is 9.92. The van der Waals surface area contributed by atoms with Gasteiger partial charge in [-0.1, -0.05) is 26.0 Å². The van der Waals surface area contributed by atoms with Crippen molar-refractivity contribution in [2.45, 2.75) is 64.1 Å². The largest absolute Gasteiger partial charge is 0.391 e. The first kappa shape index (κ1) is 20.7. The number of rotatable bonds is 4. The topological polar surface area (TPSA) is 49.4 Å². The zero-order valence-electron chi connectivity index (χ0n) is 16.3. The number of anilines is 1. The molecule has 2 amide bonds. The van der Waals surface area contributed by atoms with Gasteiger partial charge in [0.25, 0.3) is 0 Å². The first-order chi connectivity index (χ1) is 13.1. The van der Waals surface area contributed by atoms with Gasteiger partial charge in [-0.25, -0.2) is 0 Å². The van der Waals surface area contributed by atoms with Crippen molar-refractivity contribution in [1.29, 1.82) is 0 Å². The molecule has 1 saturated carbocycles. The van der Waals surface area contributed by atoms with E-state index in [9.17, 15) is 22.8 Å². The van der Waals surface area contributed by atoms with Crippen LogP contribution in [-0.2, 0) is 9.59 Å². The third-order valence-corrected chi connectivity index (χ3v) is 5.88. The number of halogens is 3. The Kier molecular flexibility index (Phi) is 6.01. The van der Waals surface area contributed by atoms with Gasteiger partial charge in [0.05, 0.1) is 11.8 Å². The standard InChI is InChI=1S/C21H27F3N2O2/c1-13(2)14-4-3-5-18(10-14)26-12-15(11-19(26)27)20(28)25-17-8-6-16(7-9-17)21(22,23)24/h3-5,10,13,15-17H,6-9,11-12H2,1-2H3,(H,25,28). The van der Waals surface area contributed by atoms with Crippen LogP contribution in [0.3, 0.4) is 0 Å². The number of carbonyl (C=O) groups is 2. The Bertz CT molecular complexity index is 725. The van der Waals surface area contributed by atoms with Gasteiger partial charge < -0.3 is 10.2 Å². The molecule has 1 aromatic rings. The molecule has 7 heteroatoms. The molecule has 1 N–H and O–H groups in total. The molecule has 3 rings (SSSR count). The van der Waals surface area contributed by atoms with Gasteiger partial charge >= 0.3 is 6.18 Å². The van der Waals surface area contributed by atoms with Gasteiger partial charge in [-0.3, -0.25) is 9.59 Å². The molecule has 1 aliphatic carbocycles. The summed E-state index contributed by atoms with van der Waals surface area (Å²) in [6, 6.07) is 7.52. The van der Waals surface area contributed by atoms with Gasteiger partial charge in [-0.05, 0) is 49.3 Å². The van der Waals surface area contributed by atoms with Gasteiger partial charge in [0.2, 0.25) is 11.8 Å². The van der Waals surface area contributed by atoms with Crippen molar-refractivity contribution in [1.82, 2.24) is 5.32 Å².